The number of imidazole rings is 1. The Morgan fingerprint density at radius 3 is 2.78 bits per heavy atom. The molecule has 2 saturated carbocycles. The van der Waals surface area contributed by atoms with E-state index in [-0.39, 0.29) is 31.0 Å². The van der Waals surface area contributed by atoms with Gasteiger partial charge < -0.3 is 20.4 Å². The SMILES string of the molecule is O=C(COCc1nc2ccc(F)cc2[nH]1)N[C@@H]1CC[C@@H]1NC1CCCCC1. The van der Waals surface area contributed by atoms with Crippen molar-refractivity contribution in [3.8, 4) is 0 Å². The largest absolute Gasteiger partial charge is 0.364 e. The number of aromatic nitrogens is 2. The van der Waals surface area contributed by atoms with Gasteiger partial charge in [-0.05, 0) is 43.9 Å². The second-order valence-electron chi connectivity index (χ2n) is 7.70. The second kappa shape index (κ2) is 8.35. The van der Waals surface area contributed by atoms with Gasteiger partial charge in [0, 0.05) is 18.1 Å². The van der Waals surface area contributed by atoms with Crippen molar-refractivity contribution in [1.82, 2.24) is 20.6 Å². The van der Waals surface area contributed by atoms with Crippen molar-refractivity contribution in [2.75, 3.05) is 6.61 Å². The van der Waals surface area contributed by atoms with Gasteiger partial charge in [-0.1, -0.05) is 19.3 Å². The lowest BCUT2D eigenvalue weighted by Gasteiger charge is -2.41. The lowest BCUT2D eigenvalue weighted by atomic mass is 9.84. The quantitative estimate of drug-likeness (QED) is 0.696. The van der Waals surface area contributed by atoms with Crippen molar-refractivity contribution < 1.29 is 13.9 Å². The zero-order valence-corrected chi connectivity index (χ0v) is 15.5. The molecule has 0 saturated heterocycles. The van der Waals surface area contributed by atoms with Crippen LogP contribution in [0.5, 0.6) is 0 Å². The molecule has 2 fully saturated rings. The Morgan fingerprint density at radius 1 is 1.19 bits per heavy atom. The van der Waals surface area contributed by atoms with Gasteiger partial charge in [0.05, 0.1) is 11.0 Å². The van der Waals surface area contributed by atoms with Crippen molar-refractivity contribution in [3.05, 3.63) is 29.8 Å². The summed E-state index contributed by atoms with van der Waals surface area (Å²) in [6.07, 6.45) is 8.61. The van der Waals surface area contributed by atoms with Gasteiger partial charge in [-0.3, -0.25) is 4.79 Å². The number of amides is 1. The highest BCUT2D eigenvalue weighted by Crippen LogP contribution is 2.24. The van der Waals surface area contributed by atoms with Crippen molar-refractivity contribution in [2.45, 2.75) is 69.7 Å². The molecule has 3 N–H and O–H groups in total. The van der Waals surface area contributed by atoms with Gasteiger partial charge in [0.2, 0.25) is 5.91 Å². The zero-order chi connectivity index (χ0) is 18.6. The summed E-state index contributed by atoms with van der Waals surface area (Å²) in [5.41, 5.74) is 1.31. The second-order valence-corrected chi connectivity index (χ2v) is 7.70. The molecule has 2 aliphatic rings. The molecule has 146 valence electrons. The molecule has 4 rings (SSSR count). The van der Waals surface area contributed by atoms with E-state index in [0.717, 1.165) is 12.8 Å². The standard InChI is InChI=1S/C20H27FN4O2/c21-13-6-7-17-18(10-13)24-19(23-17)11-27-12-20(26)25-16-9-8-15(16)22-14-4-2-1-3-5-14/h6-7,10,14-16,22H,1-5,8-9,11-12H2,(H,23,24)(H,25,26)/t15-,16+/m0/s1. The van der Waals surface area contributed by atoms with Gasteiger partial charge >= 0.3 is 0 Å². The molecule has 27 heavy (non-hydrogen) atoms. The smallest absolute Gasteiger partial charge is 0.246 e. The van der Waals surface area contributed by atoms with E-state index in [0.29, 0.717) is 28.9 Å². The van der Waals surface area contributed by atoms with Crippen LogP contribution < -0.4 is 10.6 Å². The van der Waals surface area contributed by atoms with E-state index in [1.807, 2.05) is 0 Å². The monoisotopic (exact) mass is 374 g/mol. The van der Waals surface area contributed by atoms with Gasteiger partial charge in [-0.2, -0.15) is 0 Å². The lowest BCUT2D eigenvalue weighted by molar-refractivity contribution is -0.127. The average Bonchev–Trinajstić information content (AvgIpc) is 3.06. The van der Waals surface area contributed by atoms with Crippen molar-refractivity contribution in [3.63, 3.8) is 0 Å². The molecule has 6 nitrogen and oxygen atoms in total. The molecule has 1 aromatic carbocycles. The Balaban J connectivity index is 1.19. The minimum Gasteiger partial charge on any atom is -0.364 e. The number of nitrogens with one attached hydrogen (secondary N) is 3. The maximum atomic E-state index is 13.2. The van der Waals surface area contributed by atoms with E-state index in [1.54, 1.807) is 6.07 Å². The number of benzene rings is 1. The first-order valence-electron chi connectivity index (χ1n) is 9.95. The highest BCUT2D eigenvalue weighted by atomic mass is 19.1. The number of aromatic amines is 1. The highest BCUT2D eigenvalue weighted by Gasteiger charge is 2.33. The topological polar surface area (TPSA) is 79.0 Å². The van der Waals surface area contributed by atoms with E-state index in [1.165, 1.54) is 44.2 Å². The van der Waals surface area contributed by atoms with E-state index in [4.69, 9.17) is 4.74 Å². The normalized spacial score (nSPS) is 23.3. The molecule has 7 heteroatoms. The molecule has 2 aliphatic carbocycles. The van der Waals surface area contributed by atoms with Crippen LogP contribution >= 0.6 is 0 Å². The number of hydrogen-bond acceptors (Lipinski definition) is 4. The molecule has 2 aromatic rings. The Hall–Kier alpha value is -1.99. The number of halogens is 1. The van der Waals surface area contributed by atoms with Gasteiger partial charge in [0.1, 0.15) is 24.9 Å². The molecule has 1 heterocycles. The summed E-state index contributed by atoms with van der Waals surface area (Å²) in [5.74, 6) is 0.177. The number of rotatable bonds is 7. The summed E-state index contributed by atoms with van der Waals surface area (Å²) in [5, 5.41) is 6.78. The third-order valence-electron chi connectivity index (χ3n) is 5.64. The van der Waals surface area contributed by atoms with Crippen LogP contribution in [0.3, 0.4) is 0 Å². The number of H-pyrrole nitrogens is 1. The van der Waals surface area contributed by atoms with Gasteiger partial charge in [-0.15, -0.1) is 0 Å². The van der Waals surface area contributed by atoms with Crippen molar-refractivity contribution >= 4 is 16.9 Å². The summed E-state index contributed by atoms with van der Waals surface area (Å²) in [6, 6.07) is 5.59. The number of hydrogen-bond donors (Lipinski definition) is 3. The molecule has 0 radical (unpaired) electrons. The molecule has 1 aromatic heterocycles. The zero-order valence-electron chi connectivity index (χ0n) is 15.5. The Bertz CT molecular complexity index is 787. The van der Waals surface area contributed by atoms with Crippen LogP contribution in [0.4, 0.5) is 4.39 Å². The molecule has 0 unspecified atom stereocenters. The summed E-state index contributed by atoms with van der Waals surface area (Å²) >= 11 is 0. The van der Waals surface area contributed by atoms with Crippen molar-refractivity contribution in [2.24, 2.45) is 0 Å². The highest BCUT2D eigenvalue weighted by molar-refractivity contribution is 5.77. The number of carbonyl (C=O) groups is 1. The van der Waals surface area contributed by atoms with Crippen molar-refractivity contribution in [1.29, 1.82) is 0 Å². The fourth-order valence-electron chi connectivity index (χ4n) is 4.04. The van der Waals surface area contributed by atoms with Crippen LogP contribution in [-0.2, 0) is 16.1 Å². The molecule has 1 amide bonds. The van der Waals surface area contributed by atoms with Crippen LogP contribution in [-0.4, -0.2) is 40.6 Å². The third kappa shape index (κ3) is 4.65. The molecule has 2 atom stereocenters. The van der Waals surface area contributed by atoms with Crippen LogP contribution in [0, 0.1) is 5.82 Å². The summed E-state index contributed by atoms with van der Waals surface area (Å²) in [4.78, 5) is 19.5. The van der Waals surface area contributed by atoms with Gasteiger partial charge in [0.25, 0.3) is 0 Å². The van der Waals surface area contributed by atoms with E-state index in [9.17, 15) is 9.18 Å². The minimum absolute atomic E-state index is 0.00193. The van der Waals surface area contributed by atoms with E-state index in [2.05, 4.69) is 20.6 Å². The summed E-state index contributed by atoms with van der Waals surface area (Å²) < 4.78 is 18.7. The molecular formula is C20H27FN4O2. The predicted molar refractivity (Wildman–Crippen MR) is 101 cm³/mol. The number of ether oxygens (including phenoxy) is 1. The number of fused-ring (bicyclic) bond motifs is 1. The Kier molecular flexibility index (Phi) is 5.69. The maximum absolute atomic E-state index is 13.2. The molecule has 0 bridgehead atoms. The van der Waals surface area contributed by atoms with Gasteiger partial charge in [0.15, 0.2) is 0 Å². The van der Waals surface area contributed by atoms with E-state index < -0.39 is 0 Å². The molecular weight excluding hydrogens is 347 g/mol. The molecule has 0 spiro atoms. The molecule has 0 aliphatic heterocycles. The first-order chi connectivity index (χ1) is 13.2. The van der Waals surface area contributed by atoms with Crippen LogP contribution in [0.1, 0.15) is 50.8 Å². The first kappa shape index (κ1) is 18.4. The van der Waals surface area contributed by atoms with E-state index >= 15 is 0 Å². The minimum atomic E-state index is -0.310. The van der Waals surface area contributed by atoms with Gasteiger partial charge in [-0.25, -0.2) is 9.37 Å². The lowest BCUT2D eigenvalue weighted by Crippen LogP contribution is -2.59. The average molecular weight is 374 g/mol. The third-order valence-corrected chi connectivity index (χ3v) is 5.64. The first-order valence-corrected chi connectivity index (χ1v) is 9.95. The predicted octanol–water partition coefficient (Wildman–Crippen LogP) is 2.79. The van der Waals surface area contributed by atoms with Crippen LogP contribution in [0.25, 0.3) is 11.0 Å². The number of nitrogens with zero attached hydrogens (tertiary/aromatic N) is 1. The van der Waals surface area contributed by atoms with Crippen LogP contribution in [0.2, 0.25) is 0 Å². The summed E-state index contributed by atoms with van der Waals surface area (Å²) in [7, 11) is 0. The Labute approximate surface area is 158 Å². The fraction of sp³-hybridized carbons (Fsp3) is 0.600. The maximum Gasteiger partial charge on any atom is 0.246 e. The Morgan fingerprint density at radius 2 is 2.00 bits per heavy atom. The van der Waals surface area contributed by atoms with Crippen LogP contribution in [0.15, 0.2) is 18.2 Å². The fourth-order valence-corrected chi connectivity index (χ4v) is 4.04. The summed E-state index contributed by atoms with van der Waals surface area (Å²) in [6.45, 7) is 0.191. The number of carbonyl (C=O) groups excluding carboxylic acids is 1.